The molecular formula is C21H30N4OS. The highest BCUT2D eigenvalue weighted by atomic mass is 32.1. The average Bonchev–Trinajstić information content (AvgIpc) is 3.35. The molecule has 0 radical (unpaired) electrons. The summed E-state index contributed by atoms with van der Waals surface area (Å²) in [6.07, 6.45) is 2.47. The Hall–Kier alpha value is -1.92. The van der Waals surface area contributed by atoms with E-state index >= 15 is 0 Å². The number of methoxy groups -OCH3 is 1. The number of rotatable bonds is 8. The number of ether oxygens (including phenoxy) is 1. The van der Waals surface area contributed by atoms with Gasteiger partial charge in [0.1, 0.15) is 11.1 Å². The molecule has 2 aromatic rings. The number of guanidine groups is 1. The number of nitrogens with zero attached hydrogens (tertiary/aromatic N) is 3. The highest BCUT2D eigenvalue weighted by molar-refractivity contribution is 7.09. The minimum absolute atomic E-state index is 0.0385. The Morgan fingerprint density at radius 3 is 2.74 bits per heavy atom. The summed E-state index contributed by atoms with van der Waals surface area (Å²) in [5.41, 5.74) is 2.69. The Kier molecular flexibility index (Phi) is 6.50. The lowest BCUT2D eigenvalue weighted by Gasteiger charge is -2.22. The van der Waals surface area contributed by atoms with Crippen LogP contribution in [0.5, 0.6) is 0 Å². The van der Waals surface area contributed by atoms with Gasteiger partial charge in [0.2, 0.25) is 0 Å². The van der Waals surface area contributed by atoms with E-state index in [0.717, 1.165) is 36.3 Å². The molecule has 1 aliphatic rings. The first-order valence-electron chi connectivity index (χ1n) is 9.60. The van der Waals surface area contributed by atoms with Gasteiger partial charge in [-0.3, -0.25) is 4.99 Å². The molecule has 0 aliphatic heterocycles. The molecule has 0 bridgehead atoms. The van der Waals surface area contributed by atoms with Crippen LogP contribution in [-0.2, 0) is 16.7 Å². The standard InChI is InChI=1S/C21H30N4OS/c1-5-22-20(23-15-21(11-12-21)17-9-7-6-8-10-17)25(3)13-18-14-27-19(24-18)16(2)26-4/h6-10,14,16H,5,11-13,15H2,1-4H3,(H,22,23). The van der Waals surface area contributed by atoms with Crippen molar-refractivity contribution in [2.24, 2.45) is 4.99 Å². The van der Waals surface area contributed by atoms with E-state index in [1.165, 1.54) is 18.4 Å². The molecule has 1 atom stereocenters. The predicted molar refractivity (Wildman–Crippen MR) is 112 cm³/mol. The number of hydrogen-bond donors (Lipinski definition) is 1. The third-order valence-corrected chi connectivity index (χ3v) is 6.19. The Labute approximate surface area is 166 Å². The Morgan fingerprint density at radius 2 is 2.11 bits per heavy atom. The number of aromatic nitrogens is 1. The van der Waals surface area contributed by atoms with E-state index in [0.29, 0.717) is 0 Å². The summed E-state index contributed by atoms with van der Waals surface area (Å²) < 4.78 is 5.36. The van der Waals surface area contributed by atoms with Crippen molar-refractivity contribution < 1.29 is 4.74 Å². The molecule has 146 valence electrons. The number of thiazole rings is 1. The van der Waals surface area contributed by atoms with Crippen molar-refractivity contribution in [3.8, 4) is 0 Å². The Morgan fingerprint density at radius 1 is 1.37 bits per heavy atom. The molecule has 0 saturated heterocycles. The fourth-order valence-corrected chi connectivity index (χ4v) is 4.02. The molecule has 3 rings (SSSR count). The van der Waals surface area contributed by atoms with E-state index in [-0.39, 0.29) is 11.5 Å². The molecule has 5 nitrogen and oxygen atoms in total. The highest BCUT2D eigenvalue weighted by Gasteiger charge is 2.44. The minimum Gasteiger partial charge on any atom is -0.375 e. The lowest BCUT2D eigenvalue weighted by atomic mass is 9.96. The summed E-state index contributed by atoms with van der Waals surface area (Å²) in [5, 5.41) is 6.55. The first-order chi connectivity index (χ1) is 13.1. The number of benzene rings is 1. The van der Waals surface area contributed by atoms with Gasteiger partial charge in [0.25, 0.3) is 0 Å². The maximum Gasteiger partial charge on any atom is 0.194 e. The molecule has 1 unspecified atom stereocenters. The molecule has 6 heteroatoms. The molecular weight excluding hydrogens is 356 g/mol. The number of nitrogens with one attached hydrogen (secondary N) is 1. The second-order valence-electron chi connectivity index (χ2n) is 7.23. The van der Waals surface area contributed by atoms with E-state index in [2.05, 4.69) is 59.9 Å². The van der Waals surface area contributed by atoms with Gasteiger partial charge in [-0.15, -0.1) is 11.3 Å². The summed E-state index contributed by atoms with van der Waals surface area (Å²) in [5.74, 6) is 0.939. The quantitative estimate of drug-likeness (QED) is 0.551. The summed E-state index contributed by atoms with van der Waals surface area (Å²) in [6.45, 7) is 6.54. The minimum atomic E-state index is 0.0385. The van der Waals surface area contributed by atoms with Crippen LogP contribution < -0.4 is 5.32 Å². The van der Waals surface area contributed by atoms with Crippen molar-refractivity contribution >= 4 is 17.3 Å². The van der Waals surface area contributed by atoms with Crippen molar-refractivity contribution in [3.05, 3.63) is 52.0 Å². The van der Waals surface area contributed by atoms with Gasteiger partial charge in [-0.2, -0.15) is 0 Å². The smallest absolute Gasteiger partial charge is 0.194 e. The summed E-state index contributed by atoms with van der Waals surface area (Å²) >= 11 is 1.65. The molecule has 1 N–H and O–H groups in total. The molecule has 27 heavy (non-hydrogen) atoms. The predicted octanol–water partition coefficient (Wildman–Crippen LogP) is 3.98. The molecule has 1 aliphatic carbocycles. The molecule has 0 amide bonds. The lowest BCUT2D eigenvalue weighted by molar-refractivity contribution is 0.119. The first-order valence-corrected chi connectivity index (χ1v) is 10.5. The van der Waals surface area contributed by atoms with Crippen LogP contribution in [0.2, 0.25) is 0 Å². The second kappa shape index (κ2) is 8.85. The third kappa shape index (κ3) is 4.87. The SMILES string of the molecule is CCNC(=NCC1(c2ccccc2)CC1)N(C)Cc1csc(C(C)OC)n1. The van der Waals surface area contributed by atoms with Crippen molar-refractivity contribution in [2.75, 3.05) is 27.2 Å². The van der Waals surface area contributed by atoms with E-state index in [1.807, 2.05) is 6.92 Å². The maximum absolute atomic E-state index is 5.36. The summed E-state index contributed by atoms with van der Waals surface area (Å²) in [7, 11) is 3.79. The van der Waals surface area contributed by atoms with Crippen LogP contribution in [0.15, 0.2) is 40.7 Å². The molecule has 0 spiro atoms. The second-order valence-corrected chi connectivity index (χ2v) is 8.12. The van der Waals surface area contributed by atoms with Gasteiger partial charge in [0.05, 0.1) is 18.8 Å². The van der Waals surface area contributed by atoms with E-state index in [9.17, 15) is 0 Å². The van der Waals surface area contributed by atoms with Gasteiger partial charge in [0.15, 0.2) is 5.96 Å². The van der Waals surface area contributed by atoms with Crippen LogP contribution in [-0.4, -0.2) is 43.1 Å². The zero-order chi connectivity index (χ0) is 19.3. The maximum atomic E-state index is 5.36. The number of hydrogen-bond acceptors (Lipinski definition) is 4. The fourth-order valence-electron chi connectivity index (χ4n) is 3.18. The van der Waals surface area contributed by atoms with Crippen molar-refractivity contribution in [1.29, 1.82) is 0 Å². The van der Waals surface area contributed by atoms with Crippen LogP contribution in [0.25, 0.3) is 0 Å². The highest BCUT2D eigenvalue weighted by Crippen LogP contribution is 2.48. The average molecular weight is 387 g/mol. The van der Waals surface area contributed by atoms with Crippen LogP contribution in [0.3, 0.4) is 0 Å². The number of aliphatic imine (C=N–C) groups is 1. The fraction of sp³-hybridized carbons (Fsp3) is 0.524. The first kappa shape index (κ1) is 19.8. The lowest BCUT2D eigenvalue weighted by Crippen LogP contribution is -2.39. The van der Waals surface area contributed by atoms with Crippen LogP contribution in [0, 0.1) is 0 Å². The Bertz CT molecular complexity index is 755. The monoisotopic (exact) mass is 386 g/mol. The zero-order valence-corrected chi connectivity index (χ0v) is 17.6. The molecule has 1 aromatic carbocycles. The third-order valence-electron chi connectivity index (χ3n) is 5.14. The van der Waals surface area contributed by atoms with Gasteiger partial charge < -0.3 is 15.0 Å². The van der Waals surface area contributed by atoms with Crippen LogP contribution in [0.1, 0.15) is 49.1 Å². The van der Waals surface area contributed by atoms with Crippen LogP contribution in [0.4, 0.5) is 0 Å². The Balaban J connectivity index is 1.67. The normalized spacial score (nSPS) is 16.8. The molecule has 1 saturated carbocycles. The summed E-state index contributed by atoms with van der Waals surface area (Å²) in [4.78, 5) is 11.8. The molecule has 1 aromatic heterocycles. The van der Waals surface area contributed by atoms with Crippen molar-refractivity contribution in [2.45, 2.75) is 44.8 Å². The zero-order valence-electron chi connectivity index (χ0n) is 16.7. The van der Waals surface area contributed by atoms with Gasteiger partial charge >= 0.3 is 0 Å². The van der Waals surface area contributed by atoms with Crippen molar-refractivity contribution in [1.82, 2.24) is 15.2 Å². The summed E-state index contributed by atoms with van der Waals surface area (Å²) in [6, 6.07) is 10.8. The van der Waals surface area contributed by atoms with Crippen LogP contribution >= 0.6 is 11.3 Å². The van der Waals surface area contributed by atoms with Gasteiger partial charge in [-0.05, 0) is 32.3 Å². The van der Waals surface area contributed by atoms with Crippen molar-refractivity contribution in [3.63, 3.8) is 0 Å². The topological polar surface area (TPSA) is 49.8 Å². The van der Waals surface area contributed by atoms with Gasteiger partial charge in [0, 0.05) is 31.5 Å². The van der Waals surface area contributed by atoms with E-state index in [4.69, 9.17) is 14.7 Å². The van der Waals surface area contributed by atoms with E-state index < -0.39 is 0 Å². The van der Waals surface area contributed by atoms with Gasteiger partial charge in [-0.1, -0.05) is 30.3 Å². The van der Waals surface area contributed by atoms with E-state index in [1.54, 1.807) is 18.4 Å². The molecule has 1 fully saturated rings. The van der Waals surface area contributed by atoms with Gasteiger partial charge in [-0.25, -0.2) is 4.98 Å². The molecule has 1 heterocycles. The largest absolute Gasteiger partial charge is 0.375 e.